The summed E-state index contributed by atoms with van der Waals surface area (Å²) < 4.78 is 0. The fourth-order valence-corrected chi connectivity index (χ4v) is 8.66. The van der Waals surface area contributed by atoms with Crippen LogP contribution in [0.5, 0.6) is 0 Å². The molecule has 6 aromatic carbocycles. The molecule has 4 unspecified atom stereocenters. The molecule has 4 atom stereocenters. The molecule has 0 radical (unpaired) electrons. The number of rotatable bonds is 26. The van der Waals surface area contributed by atoms with Crippen molar-refractivity contribution in [3.63, 3.8) is 0 Å². The van der Waals surface area contributed by atoms with Crippen LogP contribution in [0.4, 0.5) is 0 Å². The van der Waals surface area contributed by atoms with Gasteiger partial charge >= 0.3 is 11.9 Å². The summed E-state index contributed by atoms with van der Waals surface area (Å²) in [7, 11) is 0. The molecular weight excluding hydrogens is 849 g/mol. The summed E-state index contributed by atoms with van der Waals surface area (Å²) in [6.07, 6.45) is -0.957. The minimum atomic E-state index is -1.21. The largest absolute Gasteiger partial charge is 0.438 e. The summed E-state index contributed by atoms with van der Waals surface area (Å²) in [5.41, 5.74) is 6.52. The Hall–Kier alpha value is -5.98. The van der Waals surface area contributed by atoms with Gasteiger partial charge in [0.05, 0.1) is 25.3 Å². The molecule has 0 aliphatic rings. The average Bonchev–Trinajstić information content (AvgIpc) is 3.33. The quantitative estimate of drug-likeness (QED) is 0.0405. The fourth-order valence-electron chi connectivity index (χ4n) is 8.66. The minimum absolute atomic E-state index is 0.0205. The lowest BCUT2D eigenvalue weighted by Crippen LogP contribution is -2.51. The van der Waals surface area contributed by atoms with E-state index in [1.807, 2.05) is 137 Å². The van der Waals surface area contributed by atoms with Crippen LogP contribution in [0.15, 0.2) is 182 Å². The summed E-state index contributed by atoms with van der Waals surface area (Å²) in [6.45, 7) is 10.6. The first kappa shape index (κ1) is 51.4. The molecule has 0 fully saturated rings. The first-order valence-corrected chi connectivity index (χ1v) is 24.0. The Kier molecular flexibility index (Phi) is 20.5. The number of hydrogen-bond acceptors (Lipinski definition) is 10. The average molecular weight is 919 g/mol. The highest BCUT2D eigenvalue weighted by atomic mass is 16.8. The van der Waals surface area contributed by atoms with Crippen molar-refractivity contribution < 1.29 is 29.5 Å². The van der Waals surface area contributed by atoms with Gasteiger partial charge in [-0.1, -0.05) is 210 Å². The third-order valence-electron chi connectivity index (χ3n) is 11.8. The Balaban J connectivity index is 1.21. The highest BCUT2D eigenvalue weighted by Gasteiger charge is 2.34. The van der Waals surface area contributed by atoms with Gasteiger partial charge in [-0.2, -0.15) is 0 Å². The second-order valence-corrected chi connectivity index (χ2v) is 18.6. The standard InChI is InChI=1S/C58H70N4O6/c1-45(2)37-61(43-55(63)53(35-47-23-11-5-12-24-47)59(39-49-27-15-7-16-28-49)40-50-29-17-8-18-30-50)67-57(65)58(66)68-62(38-46(3)4)44-56(64)54(36-48-25-13-6-14-26-48)60(41-51-31-19-9-20-32-51)42-52-33-21-10-22-34-52/h5-34,45-46,53-56,63-64H,35-44H2,1-4H3. The maximum Gasteiger partial charge on any atom is 0.438 e. The lowest BCUT2D eigenvalue weighted by molar-refractivity contribution is -0.227. The monoisotopic (exact) mass is 919 g/mol. The number of carbonyl (C=O) groups is 2. The molecule has 0 heterocycles. The Bertz CT molecular complexity index is 2070. The molecule has 2 N–H and O–H groups in total. The lowest BCUT2D eigenvalue weighted by Gasteiger charge is -2.37. The number of carbonyl (C=O) groups excluding carboxylic acids is 2. The summed E-state index contributed by atoms with van der Waals surface area (Å²) in [5, 5.41) is 27.4. The van der Waals surface area contributed by atoms with Gasteiger partial charge in [0.25, 0.3) is 0 Å². The predicted molar refractivity (Wildman–Crippen MR) is 269 cm³/mol. The topological polar surface area (TPSA) is 106 Å². The summed E-state index contributed by atoms with van der Waals surface area (Å²) in [5.74, 6) is -2.37. The van der Waals surface area contributed by atoms with Gasteiger partial charge in [0.15, 0.2) is 0 Å². The van der Waals surface area contributed by atoms with E-state index >= 15 is 0 Å². The Morgan fingerprint density at radius 1 is 0.382 bits per heavy atom. The van der Waals surface area contributed by atoms with Crippen LogP contribution in [-0.2, 0) is 58.3 Å². The number of aliphatic hydroxyl groups excluding tert-OH is 2. The number of aliphatic hydroxyl groups is 2. The third-order valence-corrected chi connectivity index (χ3v) is 11.8. The highest BCUT2D eigenvalue weighted by molar-refractivity contribution is 6.29. The van der Waals surface area contributed by atoms with E-state index in [1.54, 1.807) is 0 Å². The first-order chi connectivity index (χ1) is 33.0. The van der Waals surface area contributed by atoms with Crippen molar-refractivity contribution in [3.8, 4) is 0 Å². The zero-order valence-electron chi connectivity index (χ0n) is 40.2. The van der Waals surface area contributed by atoms with E-state index in [2.05, 4.69) is 82.6 Å². The lowest BCUT2D eigenvalue weighted by atomic mass is 9.97. The molecule has 68 heavy (non-hydrogen) atoms. The molecule has 10 nitrogen and oxygen atoms in total. The Labute approximate surface area is 404 Å². The number of hydrogen-bond donors (Lipinski definition) is 2. The van der Waals surface area contributed by atoms with E-state index in [-0.39, 0.29) is 38.0 Å². The van der Waals surface area contributed by atoms with E-state index in [0.29, 0.717) is 39.0 Å². The SMILES string of the molecule is CC(C)CN(CC(O)C(Cc1ccccc1)N(Cc1ccccc1)Cc1ccccc1)OC(=O)C(=O)ON(CC(C)C)CC(O)C(Cc1ccccc1)N(Cc1ccccc1)Cc1ccccc1. The van der Waals surface area contributed by atoms with Crippen molar-refractivity contribution in [2.24, 2.45) is 11.8 Å². The number of hydroxylamine groups is 4. The Morgan fingerprint density at radius 2 is 0.618 bits per heavy atom. The zero-order chi connectivity index (χ0) is 48.1. The molecule has 6 aromatic rings. The molecule has 0 saturated heterocycles. The minimum Gasteiger partial charge on any atom is -0.390 e. The van der Waals surface area contributed by atoms with Crippen molar-refractivity contribution in [1.82, 2.24) is 19.9 Å². The predicted octanol–water partition coefficient (Wildman–Crippen LogP) is 9.17. The normalized spacial score (nSPS) is 13.5. The van der Waals surface area contributed by atoms with E-state index in [4.69, 9.17) is 9.68 Å². The van der Waals surface area contributed by atoms with Crippen molar-refractivity contribution in [3.05, 3.63) is 215 Å². The van der Waals surface area contributed by atoms with Crippen molar-refractivity contribution in [2.45, 2.75) is 91.0 Å². The summed E-state index contributed by atoms with van der Waals surface area (Å²) in [6, 6.07) is 60.1. The molecular formula is C58H70N4O6. The zero-order valence-corrected chi connectivity index (χ0v) is 40.2. The van der Waals surface area contributed by atoms with Crippen LogP contribution in [0.25, 0.3) is 0 Å². The molecule has 0 amide bonds. The molecule has 0 aliphatic heterocycles. The van der Waals surface area contributed by atoms with Crippen LogP contribution in [0.1, 0.15) is 61.1 Å². The van der Waals surface area contributed by atoms with E-state index < -0.39 is 36.2 Å². The molecule has 0 spiro atoms. The van der Waals surface area contributed by atoms with Gasteiger partial charge in [-0.25, -0.2) is 9.59 Å². The summed E-state index contributed by atoms with van der Waals surface area (Å²) in [4.78, 5) is 44.0. The molecule has 0 aliphatic carbocycles. The highest BCUT2D eigenvalue weighted by Crippen LogP contribution is 2.23. The van der Waals surface area contributed by atoms with Gasteiger partial charge in [-0.3, -0.25) is 9.80 Å². The van der Waals surface area contributed by atoms with Crippen molar-refractivity contribution in [2.75, 3.05) is 26.2 Å². The molecule has 10 heteroatoms. The second-order valence-electron chi connectivity index (χ2n) is 18.6. The maximum atomic E-state index is 13.9. The molecule has 0 aromatic heterocycles. The second kappa shape index (κ2) is 27.1. The van der Waals surface area contributed by atoms with Crippen LogP contribution in [0, 0.1) is 11.8 Å². The van der Waals surface area contributed by atoms with Gasteiger partial charge in [0.1, 0.15) is 0 Å². The van der Waals surface area contributed by atoms with E-state index in [0.717, 1.165) is 33.4 Å². The molecule has 6 rings (SSSR count). The van der Waals surface area contributed by atoms with E-state index in [1.165, 1.54) is 10.1 Å². The number of benzene rings is 6. The molecule has 358 valence electrons. The third kappa shape index (κ3) is 17.3. The summed E-state index contributed by atoms with van der Waals surface area (Å²) >= 11 is 0. The molecule has 0 saturated carbocycles. The molecule has 0 bridgehead atoms. The first-order valence-electron chi connectivity index (χ1n) is 24.0. The van der Waals surface area contributed by atoms with Gasteiger partial charge in [0.2, 0.25) is 0 Å². The van der Waals surface area contributed by atoms with Crippen LogP contribution >= 0.6 is 0 Å². The van der Waals surface area contributed by atoms with E-state index in [9.17, 15) is 19.8 Å². The van der Waals surface area contributed by atoms with Crippen LogP contribution < -0.4 is 0 Å². The van der Waals surface area contributed by atoms with Gasteiger partial charge in [-0.15, -0.1) is 10.1 Å². The van der Waals surface area contributed by atoms with Crippen LogP contribution in [0.2, 0.25) is 0 Å². The maximum absolute atomic E-state index is 13.9. The van der Waals surface area contributed by atoms with Crippen molar-refractivity contribution >= 4 is 11.9 Å². The van der Waals surface area contributed by atoms with Crippen LogP contribution in [-0.4, -0.2) is 92.5 Å². The van der Waals surface area contributed by atoms with Gasteiger partial charge in [0, 0.05) is 51.4 Å². The smallest absolute Gasteiger partial charge is 0.390 e. The van der Waals surface area contributed by atoms with Crippen LogP contribution in [0.3, 0.4) is 0 Å². The number of nitrogens with zero attached hydrogens (tertiary/aromatic N) is 4. The van der Waals surface area contributed by atoms with Crippen molar-refractivity contribution in [1.29, 1.82) is 0 Å². The Morgan fingerprint density at radius 3 is 0.853 bits per heavy atom. The fraction of sp³-hybridized carbons (Fsp3) is 0.345. The van der Waals surface area contributed by atoms with Gasteiger partial charge < -0.3 is 19.9 Å². The van der Waals surface area contributed by atoms with Gasteiger partial charge in [-0.05, 0) is 58.1 Å².